The van der Waals surface area contributed by atoms with Gasteiger partial charge in [0.15, 0.2) is 5.76 Å². The van der Waals surface area contributed by atoms with Crippen molar-refractivity contribution in [3.63, 3.8) is 0 Å². The summed E-state index contributed by atoms with van der Waals surface area (Å²) in [7, 11) is -3.17. The van der Waals surface area contributed by atoms with Crippen LogP contribution < -0.4 is 5.32 Å². The molecule has 1 heterocycles. The molecule has 0 aliphatic heterocycles. The molecule has 0 aliphatic carbocycles. The maximum atomic E-state index is 12.7. The lowest BCUT2D eigenvalue weighted by Crippen LogP contribution is -2.12. The Hall–Kier alpha value is -1.96. The summed E-state index contributed by atoms with van der Waals surface area (Å²) < 4.78 is 29.5. The highest BCUT2D eigenvalue weighted by molar-refractivity contribution is 9.10. The number of hydrogen-bond acceptors (Lipinski definition) is 6. The van der Waals surface area contributed by atoms with Crippen LogP contribution in [0.3, 0.4) is 0 Å². The zero-order valence-electron chi connectivity index (χ0n) is 18.3. The first-order chi connectivity index (χ1) is 15.8. The number of benzene rings is 2. The van der Waals surface area contributed by atoms with Crippen LogP contribution in [0.25, 0.3) is 11.3 Å². The number of amides is 1. The van der Waals surface area contributed by atoms with Crippen molar-refractivity contribution in [2.45, 2.75) is 32.9 Å². The highest BCUT2D eigenvalue weighted by Crippen LogP contribution is 2.51. The average Bonchev–Trinajstić information content (AvgIpc) is 3.24. The molecule has 0 atom stereocenters. The summed E-state index contributed by atoms with van der Waals surface area (Å²) in [4.78, 5) is 12.5. The van der Waals surface area contributed by atoms with Gasteiger partial charge in [-0.25, -0.2) is 0 Å². The van der Waals surface area contributed by atoms with Gasteiger partial charge in [-0.05, 0) is 72.1 Å². The highest BCUT2D eigenvalue weighted by Gasteiger charge is 2.24. The van der Waals surface area contributed by atoms with Crippen molar-refractivity contribution in [3.8, 4) is 11.3 Å². The topological polar surface area (TPSA) is 90.7 Å². The molecule has 0 bridgehead atoms. The molecule has 3 rings (SSSR count). The molecule has 1 N–H and O–H groups in total. The van der Waals surface area contributed by atoms with Crippen LogP contribution in [-0.4, -0.2) is 24.3 Å². The quantitative estimate of drug-likeness (QED) is 0.254. The molecule has 33 heavy (non-hydrogen) atoms. The first-order valence-electron chi connectivity index (χ1n) is 10.5. The lowest BCUT2D eigenvalue weighted by atomic mass is 10.1. The van der Waals surface area contributed by atoms with Gasteiger partial charge in [-0.3, -0.25) is 9.36 Å². The van der Waals surface area contributed by atoms with Crippen molar-refractivity contribution in [2.75, 3.05) is 18.5 Å². The first-order valence-corrected chi connectivity index (χ1v) is 13.4. The summed E-state index contributed by atoms with van der Waals surface area (Å²) in [6, 6.07) is 12.6. The fourth-order valence-electron chi connectivity index (χ4n) is 3.22. The molecule has 7 nitrogen and oxygen atoms in total. The molecule has 2 aromatic carbocycles. The van der Waals surface area contributed by atoms with Crippen LogP contribution in [0, 0.1) is 0 Å². The molecule has 0 unspecified atom stereocenters. The smallest absolute Gasteiger partial charge is 0.335 e. The Bertz CT molecular complexity index is 1130. The highest BCUT2D eigenvalue weighted by atomic mass is 79.9. The van der Waals surface area contributed by atoms with Crippen molar-refractivity contribution in [3.05, 3.63) is 69.3 Å². The molecule has 176 valence electrons. The van der Waals surface area contributed by atoms with Gasteiger partial charge in [0.05, 0.1) is 30.6 Å². The molecule has 0 aliphatic rings. The van der Waals surface area contributed by atoms with E-state index >= 15 is 0 Å². The number of aromatic nitrogens is 1. The van der Waals surface area contributed by atoms with E-state index < -0.39 is 7.60 Å². The summed E-state index contributed by atoms with van der Waals surface area (Å²) >= 11 is 9.46. The maximum Gasteiger partial charge on any atom is 0.335 e. The molecular formula is C23H25BrClN2O5P. The zero-order valence-corrected chi connectivity index (χ0v) is 21.6. The molecule has 1 aromatic heterocycles. The van der Waals surface area contributed by atoms with E-state index in [1.807, 2.05) is 12.1 Å². The van der Waals surface area contributed by atoms with Gasteiger partial charge in [0.25, 0.3) is 0 Å². The monoisotopic (exact) mass is 554 g/mol. The molecular weight excluding hydrogens is 531 g/mol. The van der Waals surface area contributed by atoms with Crippen LogP contribution in [0.1, 0.15) is 31.4 Å². The van der Waals surface area contributed by atoms with E-state index in [1.165, 1.54) is 0 Å². The largest absolute Gasteiger partial charge is 0.356 e. The van der Waals surface area contributed by atoms with Crippen LogP contribution >= 0.6 is 35.1 Å². The van der Waals surface area contributed by atoms with Crippen LogP contribution in [0.5, 0.6) is 0 Å². The van der Waals surface area contributed by atoms with Crippen LogP contribution in [0.2, 0.25) is 5.02 Å². The van der Waals surface area contributed by atoms with E-state index in [0.29, 0.717) is 36.1 Å². The van der Waals surface area contributed by atoms with Gasteiger partial charge in [0.2, 0.25) is 5.91 Å². The van der Waals surface area contributed by atoms with Crippen molar-refractivity contribution in [1.82, 2.24) is 5.16 Å². The van der Waals surface area contributed by atoms with E-state index in [1.54, 1.807) is 50.4 Å². The average molecular weight is 556 g/mol. The first kappa shape index (κ1) is 25.7. The van der Waals surface area contributed by atoms with Gasteiger partial charge in [0.1, 0.15) is 0 Å². The zero-order chi connectivity index (χ0) is 23.8. The van der Waals surface area contributed by atoms with Gasteiger partial charge < -0.3 is 18.9 Å². The predicted octanol–water partition coefficient (Wildman–Crippen LogP) is 7.09. The second-order valence-electron chi connectivity index (χ2n) is 7.16. The second-order valence-corrected chi connectivity index (χ2v) is 10.5. The third kappa shape index (κ3) is 7.26. The predicted molar refractivity (Wildman–Crippen MR) is 133 cm³/mol. The minimum Gasteiger partial charge on any atom is -0.356 e. The lowest BCUT2D eigenvalue weighted by Gasteiger charge is -2.17. The molecule has 0 saturated heterocycles. The van der Waals surface area contributed by atoms with Crippen LogP contribution in [-0.2, 0) is 31.0 Å². The standard InChI is InChI=1S/C23H25BrClN2O5P/c1-3-30-33(29,31-4-2)15-16-5-9-19(10-6-16)27-22(28)12-8-18-14-26-32-23(18)17-7-11-21(25)20(24)13-17/h5-7,9-11,13-14H,3-4,8,12,15H2,1-2H3,(H,27,28). The maximum absolute atomic E-state index is 12.7. The molecule has 0 radical (unpaired) electrons. The van der Waals surface area contributed by atoms with Crippen molar-refractivity contribution in [1.29, 1.82) is 0 Å². The fraction of sp³-hybridized carbons (Fsp3) is 0.304. The molecule has 0 fully saturated rings. The number of rotatable bonds is 11. The van der Waals surface area contributed by atoms with Crippen LogP contribution in [0.15, 0.2) is 57.7 Å². The number of nitrogens with one attached hydrogen (secondary N) is 1. The summed E-state index contributed by atoms with van der Waals surface area (Å²) in [5, 5.41) is 7.35. The number of carbonyl (C=O) groups is 1. The molecule has 10 heteroatoms. The van der Waals surface area contributed by atoms with E-state index in [0.717, 1.165) is 21.2 Å². The van der Waals surface area contributed by atoms with E-state index in [2.05, 4.69) is 26.4 Å². The van der Waals surface area contributed by atoms with Gasteiger partial charge in [-0.15, -0.1) is 0 Å². The Kier molecular flexibility index (Phi) is 9.29. The SMILES string of the molecule is CCOP(=O)(Cc1ccc(NC(=O)CCc2cnoc2-c2ccc(Cl)c(Br)c2)cc1)OCC. The van der Waals surface area contributed by atoms with Crippen LogP contribution in [0.4, 0.5) is 5.69 Å². The van der Waals surface area contributed by atoms with E-state index in [-0.39, 0.29) is 18.5 Å². The Morgan fingerprint density at radius 1 is 1.15 bits per heavy atom. The third-order valence-corrected chi connectivity index (χ3v) is 7.98. The number of hydrogen-bond donors (Lipinski definition) is 1. The molecule has 0 saturated carbocycles. The Labute approximate surface area is 206 Å². The van der Waals surface area contributed by atoms with Gasteiger partial charge in [-0.2, -0.15) is 0 Å². The third-order valence-electron chi connectivity index (χ3n) is 4.71. The fourth-order valence-corrected chi connectivity index (χ4v) is 5.42. The Morgan fingerprint density at radius 2 is 1.85 bits per heavy atom. The lowest BCUT2D eigenvalue weighted by molar-refractivity contribution is -0.116. The van der Waals surface area contributed by atoms with Gasteiger partial charge in [0, 0.05) is 27.7 Å². The second kappa shape index (κ2) is 12.0. The molecule has 0 spiro atoms. The van der Waals surface area contributed by atoms with Gasteiger partial charge in [-0.1, -0.05) is 28.9 Å². The van der Waals surface area contributed by atoms with Crippen molar-refractivity contribution >= 4 is 46.7 Å². The summed E-state index contributed by atoms with van der Waals surface area (Å²) in [6.07, 6.45) is 2.53. The summed E-state index contributed by atoms with van der Waals surface area (Å²) in [5.74, 6) is 0.471. The number of aryl methyl sites for hydroxylation is 1. The number of anilines is 1. The van der Waals surface area contributed by atoms with Crippen molar-refractivity contribution in [2.24, 2.45) is 0 Å². The summed E-state index contributed by atoms with van der Waals surface area (Å²) in [6.45, 7) is 4.19. The Morgan fingerprint density at radius 3 is 2.48 bits per heavy atom. The normalized spacial score (nSPS) is 11.5. The van der Waals surface area contributed by atoms with Gasteiger partial charge >= 0.3 is 7.60 Å². The van der Waals surface area contributed by atoms with E-state index in [9.17, 15) is 9.36 Å². The Balaban J connectivity index is 1.57. The minimum absolute atomic E-state index is 0.138. The molecule has 1 amide bonds. The summed E-state index contributed by atoms with van der Waals surface area (Å²) in [5.41, 5.74) is 3.11. The minimum atomic E-state index is -3.17. The number of halogens is 2. The van der Waals surface area contributed by atoms with Crippen molar-refractivity contribution < 1.29 is 22.9 Å². The number of nitrogens with zero attached hydrogens (tertiary/aromatic N) is 1. The number of carbonyl (C=O) groups excluding carboxylic acids is 1. The van der Waals surface area contributed by atoms with E-state index in [4.69, 9.17) is 25.2 Å². The molecule has 3 aromatic rings.